The zero-order valence-electron chi connectivity index (χ0n) is 12.3. The highest BCUT2D eigenvalue weighted by molar-refractivity contribution is 7.92. The third kappa shape index (κ3) is 2.29. The molecule has 3 atom stereocenters. The molecular formula is C17H12ClNO4S. The summed E-state index contributed by atoms with van der Waals surface area (Å²) < 4.78 is 25.8. The number of aliphatic carboxylic acids is 1. The van der Waals surface area contributed by atoms with Gasteiger partial charge in [0, 0.05) is 10.9 Å². The second-order valence-corrected chi connectivity index (χ2v) is 8.10. The van der Waals surface area contributed by atoms with E-state index < -0.39 is 32.4 Å². The minimum Gasteiger partial charge on any atom is -0.480 e. The van der Waals surface area contributed by atoms with Crippen molar-refractivity contribution in [3.63, 3.8) is 0 Å². The lowest BCUT2D eigenvalue weighted by molar-refractivity contribution is -0.141. The number of carboxylic acid groups (broad SMARTS) is 1. The average molecular weight is 362 g/mol. The van der Waals surface area contributed by atoms with Gasteiger partial charge in [0.1, 0.15) is 5.25 Å². The van der Waals surface area contributed by atoms with Crippen molar-refractivity contribution in [3.05, 3.63) is 65.2 Å². The molecule has 0 bridgehead atoms. The molecule has 0 saturated heterocycles. The first-order valence-electron chi connectivity index (χ1n) is 7.04. The lowest BCUT2D eigenvalue weighted by Gasteiger charge is -2.04. The summed E-state index contributed by atoms with van der Waals surface area (Å²) in [6, 6.07) is 15.5. The molecule has 1 N–H and O–H groups in total. The van der Waals surface area contributed by atoms with Gasteiger partial charge in [-0.15, -0.1) is 0 Å². The molecule has 0 aliphatic heterocycles. The van der Waals surface area contributed by atoms with Gasteiger partial charge in [-0.1, -0.05) is 41.9 Å². The van der Waals surface area contributed by atoms with E-state index in [9.17, 15) is 23.6 Å². The number of carboxylic acids is 1. The Balaban J connectivity index is 2.13. The van der Waals surface area contributed by atoms with Gasteiger partial charge in [0.2, 0.25) is 0 Å². The van der Waals surface area contributed by atoms with Crippen LogP contribution in [-0.2, 0) is 14.6 Å². The molecule has 0 spiro atoms. The minimum absolute atomic E-state index is 0.00679. The van der Waals surface area contributed by atoms with Gasteiger partial charge in [0.15, 0.2) is 15.3 Å². The topological polar surface area (TPSA) is 95.2 Å². The summed E-state index contributed by atoms with van der Waals surface area (Å²) in [6.45, 7) is 0. The van der Waals surface area contributed by atoms with Crippen LogP contribution in [0.5, 0.6) is 0 Å². The molecule has 7 heteroatoms. The summed E-state index contributed by atoms with van der Waals surface area (Å²) in [5, 5.41) is 18.1. The summed E-state index contributed by atoms with van der Waals surface area (Å²) in [7, 11) is -3.97. The molecule has 5 nitrogen and oxygen atoms in total. The van der Waals surface area contributed by atoms with Gasteiger partial charge < -0.3 is 5.11 Å². The van der Waals surface area contributed by atoms with Crippen molar-refractivity contribution in [2.45, 2.75) is 16.1 Å². The molecule has 122 valence electrons. The van der Waals surface area contributed by atoms with E-state index in [2.05, 4.69) is 0 Å². The van der Waals surface area contributed by atoms with Crippen molar-refractivity contribution in [3.8, 4) is 6.07 Å². The monoisotopic (exact) mass is 361 g/mol. The molecule has 1 saturated carbocycles. The summed E-state index contributed by atoms with van der Waals surface area (Å²) in [5.74, 6) is -2.38. The van der Waals surface area contributed by atoms with Crippen LogP contribution in [0.1, 0.15) is 11.5 Å². The summed E-state index contributed by atoms with van der Waals surface area (Å²) in [5.41, 5.74) is -1.53. The number of hydrogen-bond acceptors (Lipinski definition) is 4. The van der Waals surface area contributed by atoms with E-state index in [0.717, 1.165) is 0 Å². The highest BCUT2D eigenvalue weighted by Gasteiger charge is 2.77. The van der Waals surface area contributed by atoms with Gasteiger partial charge in [-0.2, -0.15) is 5.26 Å². The minimum atomic E-state index is -3.97. The van der Waals surface area contributed by atoms with Crippen LogP contribution < -0.4 is 0 Å². The second-order valence-electron chi connectivity index (χ2n) is 5.59. The molecule has 1 fully saturated rings. The molecule has 24 heavy (non-hydrogen) atoms. The fraction of sp³-hybridized carbons (Fsp3) is 0.176. The second kappa shape index (κ2) is 5.62. The van der Waals surface area contributed by atoms with Crippen molar-refractivity contribution < 1.29 is 18.3 Å². The van der Waals surface area contributed by atoms with Gasteiger partial charge in [-0.3, -0.25) is 4.79 Å². The van der Waals surface area contributed by atoms with E-state index in [1.165, 1.54) is 12.1 Å². The van der Waals surface area contributed by atoms with Crippen LogP contribution in [0.15, 0.2) is 59.5 Å². The summed E-state index contributed by atoms with van der Waals surface area (Å²) in [6.07, 6.45) is 0. The Morgan fingerprint density at radius 2 is 1.71 bits per heavy atom. The van der Waals surface area contributed by atoms with Crippen molar-refractivity contribution in [1.29, 1.82) is 5.26 Å². The van der Waals surface area contributed by atoms with Crippen LogP contribution in [0, 0.1) is 16.7 Å². The van der Waals surface area contributed by atoms with Crippen LogP contribution in [0.4, 0.5) is 0 Å². The lowest BCUT2D eigenvalue weighted by Crippen LogP contribution is -2.22. The SMILES string of the molecule is N#C[C@]1(C(=O)O)[C@H](c2ccc(Cl)cc2)[C@@H]1S(=O)(=O)c1ccccc1. The molecule has 1 aliphatic rings. The largest absolute Gasteiger partial charge is 0.480 e. The van der Waals surface area contributed by atoms with Crippen LogP contribution in [0.3, 0.4) is 0 Å². The summed E-state index contributed by atoms with van der Waals surface area (Å²) in [4.78, 5) is 11.7. The first kappa shape index (κ1) is 16.5. The number of benzene rings is 2. The smallest absolute Gasteiger partial charge is 0.326 e. The normalized spacial score (nSPS) is 25.7. The number of halogens is 1. The highest BCUT2D eigenvalue weighted by atomic mass is 35.5. The number of nitrogens with zero attached hydrogens (tertiary/aromatic N) is 1. The number of rotatable bonds is 4. The Labute approximate surface area is 144 Å². The number of nitriles is 1. The van der Waals surface area contributed by atoms with Gasteiger partial charge >= 0.3 is 5.97 Å². The molecule has 0 amide bonds. The quantitative estimate of drug-likeness (QED) is 0.903. The maximum Gasteiger partial charge on any atom is 0.326 e. The fourth-order valence-corrected chi connectivity index (χ4v) is 5.48. The average Bonchev–Trinajstić information content (AvgIpc) is 3.28. The van der Waals surface area contributed by atoms with Crippen LogP contribution in [0.25, 0.3) is 0 Å². The highest BCUT2D eigenvalue weighted by Crippen LogP contribution is 2.64. The van der Waals surface area contributed by atoms with E-state index in [1.807, 2.05) is 0 Å². The Morgan fingerprint density at radius 1 is 1.12 bits per heavy atom. The predicted molar refractivity (Wildman–Crippen MR) is 87.3 cm³/mol. The van der Waals surface area contributed by atoms with E-state index in [1.54, 1.807) is 48.5 Å². The first-order chi connectivity index (χ1) is 11.4. The van der Waals surface area contributed by atoms with Crippen molar-refractivity contribution >= 4 is 27.4 Å². The van der Waals surface area contributed by atoms with E-state index >= 15 is 0 Å². The van der Waals surface area contributed by atoms with Gasteiger partial charge in [-0.05, 0) is 29.8 Å². The molecule has 0 aromatic heterocycles. The molecule has 3 rings (SSSR count). The standard InChI is InChI=1S/C17H12ClNO4S/c18-12-8-6-11(7-9-12)14-15(17(14,10-19)16(20)21)24(22,23)13-4-2-1-3-5-13/h1-9,14-15H,(H,20,21)/t14-,15+,17+/m1/s1. The number of carbonyl (C=O) groups is 1. The first-order valence-corrected chi connectivity index (χ1v) is 8.97. The van der Waals surface area contributed by atoms with Crippen molar-refractivity contribution in [2.75, 3.05) is 0 Å². The zero-order valence-corrected chi connectivity index (χ0v) is 13.8. The Bertz CT molecular complexity index is 935. The molecule has 2 aromatic carbocycles. The van der Waals surface area contributed by atoms with Crippen LogP contribution >= 0.6 is 11.6 Å². The molecule has 0 radical (unpaired) electrons. The molecule has 0 unspecified atom stereocenters. The van der Waals surface area contributed by atoms with Crippen LogP contribution in [-0.4, -0.2) is 24.7 Å². The predicted octanol–water partition coefficient (Wildman–Crippen LogP) is 2.87. The lowest BCUT2D eigenvalue weighted by atomic mass is 10.0. The third-order valence-electron chi connectivity index (χ3n) is 4.31. The Kier molecular flexibility index (Phi) is 3.86. The van der Waals surface area contributed by atoms with E-state index in [0.29, 0.717) is 10.6 Å². The van der Waals surface area contributed by atoms with Gasteiger partial charge in [0.05, 0.1) is 11.0 Å². The Morgan fingerprint density at radius 3 is 2.21 bits per heavy atom. The van der Waals surface area contributed by atoms with Crippen LogP contribution in [0.2, 0.25) is 5.02 Å². The maximum absolute atomic E-state index is 12.9. The molecular weight excluding hydrogens is 350 g/mol. The van der Waals surface area contributed by atoms with E-state index in [-0.39, 0.29) is 4.90 Å². The number of hydrogen-bond donors (Lipinski definition) is 1. The maximum atomic E-state index is 12.9. The van der Waals surface area contributed by atoms with Gasteiger partial charge in [-0.25, -0.2) is 8.42 Å². The van der Waals surface area contributed by atoms with Gasteiger partial charge in [0.25, 0.3) is 0 Å². The number of sulfone groups is 1. The zero-order chi connectivity index (χ0) is 17.5. The molecule has 2 aromatic rings. The fourth-order valence-electron chi connectivity index (χ4n) is 3.08. The van der Waals surface area contributed by atoms with E-state index in [4.69, 9.17) is 11.6 Å². The Hall–Kier alpha value is -2.36. The molecule has 1 aliphatic carbocycles. The molecule has 0 heterocycles. The summed E-state index contributed by atoms with van der Waals surface area (Å²) >= 11 is 5.83. The van der Waals surface area contributed by atoms with Crippen molar-refractivity contribution in [1.82, 2.24) is 0 Å². The van der Waals surface area contributed by atoms with Crippen molar-refractivity contribution in [2.24, 2.45) is 5.41 Å². The third-order valence-corrected chi connectivity index (χ3v) is 6.80.